The third kappa shape index (κ3) is 3.78. The number of carbonyl (C=O) groups excluding carboxylic acids is 2. The minimum absolute atomic E-state index is 0.0729. The van der Waals surface area contributed by atoms with Crippen molar-refractivity contribution in [2.75, 3.05) is 16.8 Å². The molecule has 1 heterocycles. The predicted molar refractivity (Wildman–Crippen MR) is 96.7 cm³/mol. The number of nitrogens with zero attached hydrogens (tertiary/aromatic N) is 1. The molecular formula is C18H15Cl2FN2O2. The fourth-order valence-corrected chi connectivity index (χ4v) is 3.06. The Labute approximate surface area is 154 Å². The normalized spacial score (nSPS) is 17.0. The van der Waals surface area contributed by atoms with Crippen molar-refractivity contribution in [3.63, 3.8) is 0 Å². The van der Waals surface area contributed by atoms with Crippen LogP contribution in [0.4, 0.5) is 15.8 Å². The summed E-state index contributed by atoms with van der Waals surface area (Å²) in [6.07, 6.45) is 0.103. The van der Waals surface area contributed by atoms with E-state index in [4.69, 9.17) is 23.2 Å². The summed E-state index contributed by atoms with van der Waals surface area (Å²) < 4.78 is 13.2. The maximum atomic E-state index is 13.2. The smallest absolute Gasteiger partial charge is 0.229 e. The van der Waals surface area contributed by atoms with Crippen LogP contribution in [0.25, 0.3) is 0 Å². The molecule has 0 spiro atoms. The molecule has 130 valence electrons. The van der Waals surface area contributed by atoms with Crippen LogP contribution in [0.2, 0.25) is 10.0 Å². The lowest BCUT2D eigenvalue weighted by Gasteiger charge is -2.17. The van der Waals surface area contributed by atoms with E-state index in [1.807, 2.05) is 13.0 Å². The Morgan fingerprint density at radius 2 is 1.96 bits per heavy atom. The highest BCUT2D eigenvalue weighted by Gasteiger charge is 2.35. The summed E-state index contributed by atoms with van der Waals surface area (Å²) in [5.41, 5.74) is 1.97. The van der Waals surface area contributed by atoms with Gasteiger partial charge >= 0.3 is 0 Å². The van der Waals surface area contributed by atoms with Gasteiger partial charge in [-0.3, -0.25) is 9.59 Å². The van der Waals surface area contributed by atoms with Gasteiger partial charge in [-0.05, 0) is 42.8 Å². The molecule has 3 rings (SSSR count). The zero-order valence-corrected chi connectivity index (χ0v) is 14.9. The van der Waals surface area contributed by atoms with Crippen LogP contribution in [0.3, 0.4) is 0 Å². The second-order valence-electron chi connectivity index (χ2n) is 5.96. The Kier molecular flexibility index (Phi) is 4.97. The lowest BCUT2D eigenvalue weighted by molar-refractivity contribution is -0.122. The van der Waals surface area contributed by atoms with E-state index in [0.29, 0.717) is 16.4 Å². The number of benzene rings is 2. The van der Waals surface area contributed by atoms with E-state index in [-0.39, 0.29) is 29.8 Å². The molecular weight excluding hydrogens is 366 g/mol. The molecule has 1 N–H and O–H groups in total. The first kappa shape index (κ1) is 17.7. The zero-order chi connectivity index (χ0) is 18.1. The summed E-state index contributed by atoms with van der Waals surface area (Å²) in [5, 5.41) is 3.17. The van der Waals surface area contributed by atoms with Crippen molar-refractivity contribution in [2.45, 2.75) is 13.3 Å². The quantitative estimate of drug-likeness (QED) is 0.855. The molecule has 1 fully saturated rings. The molecule has 25 heavy (non-hydrogen) atoms. The lowest BCUT2D eigenvalue weighted by Crippen LogP contribution is -2.28. The minimum atomic E-state index is -0.557. The number of halogens is 3. The molecule has 2 aromatic rings. The van der Waals surface area contributed by atoms with E-state index >= 15 is 0 Å². The fourth-order valence-electron chi connectivity index (χ4n) is 2.70. The van der Waals surface area contributed by atoms with Crippen molar-refractivity contribution in [2.24, 2.45) is 5.92 Å². The summed E-state index contributed by atoms with van der Waals surface area (Å²) in [4.78, 5) is 26.2. The molecule has 0 bridgehead atoms. The number of nitrogens with one attached hydrogen (secondary N) is 1. The van der Waals surface area contributed by atoms with Crippen molar-refractivity contribution >= 4 is 46.4 Å². The maximum absolute atomic E-state index is 13.2. The number of hydrogen-bond acceptors (Lipinski definition) is 2. The molecule has 0 aliphatic carbocycles. The topological polar surface area (TPSA) is 49.4 Å². The van der Waals surface area contributed by atoms with Crippen molar-refractivity contribution in [1.29, 1.82) is 0 Å². The molecule has 7 heteroatoms. The number of carbonyl (C=O) groups is 2. The largest absolute Gasteiger partial charge is 0.326 e. The van der Waals surface area contributed by atoms with Crippen LogP contribution < -0.4 is 10.2 Å². The molecule has 1 aliphatic rings. The van der Waals surface area contributed by atoms with Crippen LogP contribution >= 0.6 is 23.2 Å². The molecule has 2 amide bonds. The van der Waals surface area contributed by atoms with Gasteiger partial charge in [-0.25, -0.2) is 4.39 Å². The van der Waals surface area contributed by atoms with Gasteiger partial charge in [0.2, 0.25) is 11.8 Å². The highest BCUT2D eigenvalue weighted by molar-refractivity contribution is 6.31. The molecule has 2 aromatic carbocycles. The average molecular weight is 381 g/mol. The highest BCUT2D eigenvalue weighted by Crippen LogP contribution is 2.29. The van der Waals surface area contributed by atoms with Crippen molar-refractivity contribution in [3.05, 3.63) is 57.8 Å². The molecule has 1 unspecified atom stereocenters. The maximum Gasteiger partial charge on any atom is 0.229 e. The Hall–Kier alpha value is -2.11. The summed E-state index contributed by atoms with van der Waals surface area (Å²) in [6, 6.07) is 9.29. The van der Waals surface area contributed by atoms with Gasteiger partial charge in [-0.1, -0.05) is 29.3 Å². The molecule has 1 saturated heterocycles. The average Bonchev–Trinajstić information content (AvgIpc) is 2.95. The monoisotopic (exact) mass is 380 g/mol. The van der Waals surface area contributed by atoms with Gasteiger partial charge in [0.05, 0.1) is 10.9 Å². The number of anilines is 2. The molecule has 0 aromatic heterocycles. The Balaban J connectivity index is 1.71. The first-order chi connectivity index (χ1) is 11.8. The molecule has 1 atom stereocenters. The van der Waals surface area contributed by atoms with Crippen LogP contribution in [-0.4, -0.2) is 18.4 Å². The van der Waals surface area contributed by atoms with E-state index in [9.17, 15) is 14.0 Å². The zero-order valence-electron chi connectivity index (χ0n) is 13.4. The van der Waals surface area contributed by atoms with Gasteiger partial charge in [0.25, 0.3) is 0 Å². The van der Waals surface area contributed by atoms with Crippen molar-refractivity contribution in [1.82, 2.24) is 0 Å². The summed E-state index contributed by atoms with van der Waals surface area (Å²) in [7, 11) is 0. The number of aryl methyl sites for hydroxylation is 1. The highest BCUT2D eigenvalue weighted by atomic mass is 35.5. The third-order valence-electron chi connectivity index (χ3n) is 4.15. The summed E-state index contributed by atoms with van der Waals surface area (Å²) in [6.45, 7) is 2.14. The van der Waals surface area contributed by atoms with E-state index in [1.54, 1.807) is 17.0 Å². The van der Waals surface area contributed by atoms with Crippen LogP contribution in [-0.2, 0) is 9.59 Å². The Bertz CT molecular complexity index is 857. The van der Waals surface area contributed by atoms with Gasteiger partial charge in [0.1, 0.15) is 5.82 Å². The van der Waals surface area contributed by atoms with E-state index in [1.165, 1.54) is 18.2 Å². The number of hydrogen-bond donors (Lipinski definition) is 1. The Morgan fingerprint density at radius 3 is 2.64 bits per heavy atom. The lowest BCUT2D eigenvalue weighted by atomic mass is 10.1. The van der Waals surface area contributed by atoms with Gasteiger partial charge in [0, 0.05) is 29.4 Å². The van der Waals surface area contributed by atoms with Crippen LogP contribution in [0.1, 0.15) is 12.0 Å². The van der Waals surface area contributed by atoms with Gasteiger partial charge in [-0.15, -0.1) is 0 Å². The molecule has 0 saturated carbocycles. The fraction of sp³-hybridized carbons (Fsp3) is 0.222. The summed E-state index contributed by atoms with van der Waals surface area (Å²) in [5.74, 6) is -1.51. The molecule has 4 nitrogen and oxygen atoms in total. The van der Waals surface area contributed by atoms with E-state index in [2.05, 4.69) is 5.32 Å². The standard InChI is InChI=1S/C18H15Cl2FN2O2/c1-10-2-4-13(8-14(10)19)23-9-11(6-17(23)24)18(25)22-12-3-5-16(21)15(20)7-12/h2-5,7-8,11H,6,9H2,1H3,(H,22,25). The SMILES string of the molecule is Cc1ccc(N2CC(C(=O)Nc3ccc(F)c(Cl)c3)CC2=O)cc1Cl. The Morgan fingerprint density at radius 1 is 1.20 bits per heavy atom. The number of rotatable bonds is 3. The first-order valence-corrected chi connectivity index (χ1v) is 8.43. The van der Waals surface area contributed by atoms with Gasteiger partial charge in [0.15, 0.2) is 0 Å². The second-order valence-corrected chi connectivity index (χ2v) is 6.77. The third-order valence-corrected chi connectivity index (χ3v) is 4.85. The van der Waals surface area contributed by atoms with Gasteiger partial charge in [-0.2, -0.15) is 0 Å². The van der Waals surface area contributed by atoms with Crippen LogP contribution in [0, 0.1) is 18.7 Å². The van der Waals surface area contributed by atoms with Crippen LogP contribution in [0.15, 0.2) is 36.4 Å². The minimum Gasteiger partial charge on any atom is -0.326 e. The van der Waals surface area contributed by atoms with Gasteiger partial charge < -0.3 is 10.2 Å². The first-order valence-electron chi connectivity index (χ1n) is 7.67. The second kappa shape index (κ2) is 7.02. The van der Waals surface area contributed by atoms with Crippen LogP contribution in [0.5, 0.6) is 0 Å². The van der Waals surface area contributed by atoms with Crippen molar-refractivity contribution < 1.29 is 14.0 Å². The van der Waals surface area contributed by atoms with E-state index < -0.39 is 11.7 Å². The number of amides is 2. The molecule has 0 radical (unpaired) electrons. The summed E-state index contributed by atoms with van der Waals surface area (Å²) >= 11 is 11.8. The predicted octanol–water partition coefficient (Wildman–Crippen LogP) is 4.43. The molecule has 1 aliphatic heterocycles. The van der Waals surface area contributed by atoms with E-state index in [0.717, 1.165) is 5.56 Å². The van der Waals surface area contributed by atoms with Crippen molar-refractivity contribution in [3.8, 4) is 0 Å².